The monoisotopic (exact) mass is 281 g/mol. The predicted octanol–water partition coefficient (Wildman–Crippen LogP) is 3.16. The van der Waals surface area contributed by atoms with Crippen molar-refractivity contribution in [3.8, 4) is 11.8 Å². The Kier molecular flexibility index (Phi) is 4.78. The largest absolute Gasteiger partial charge is 0.497 e. The molecule has 2 aromatic carbocycles. The van der Waals surface area contributed by atoms with Crippen LogP contribution in [-0.4, -0.2) is 19.5 Å². The number of hydrogen-bond acceptors (Lipinski definition) is 4. The fourth-order valence-corrected chi connectivity index (χ4v) is 1.59. The van der Waals surface area contributed by atoms with E-state index in [1.54, 1.807) is 25.5 Å². The summed E-state index contributed by atoms with van der Waals surface area (Å²) in [4.78, 5) is 0. The number of benzene rings is 2. The standard InChI is InChI=1S/C16H12FN3O/c1-21-15-6-3-12(4-7-15)10-19-20-11-13-2-5-14(9-18)16(17)8-13/h2-8,10-11H,1H3. The van der Waals surface area contributed by atoms with Gasteiger partial charge < -0.3 is 4.74 Å². The first-order valence-corrected chi connectivity index (χ1v) is 6.13. The summed E-state index contributed by atoms with van der Waals surface area (Å²) >= 11 is 0. The molecule has 0 aromatic heterocycles. The van der Waals surface area contributed by atoms with Gasteiger partial charge in [0, 0.05) is 0 Å². The third kappa shape index (κ3) is 3.98. The van der Waals surface area contributed by atoms with Gasteiger partial charge in [0.2, 0.25) is 0 Å². The van der Waals surface area contributed by atoms with Crippen LogP contribution in [0.15, 0.2) is 52.7 Å². The highest BCUT2D eigenvalue weighted by Gasteiger charge is 2.00. The molecule has 0 fully saturated rings. The molecule has 0 unspecified atom stereocenters. The third-order valence-corrected chi connectivity index (χ3v) is 2.71. The summed E-state index contributed by atoms with van der Waals surface area (Å²) in [5.74, 6) is 0.198. The van der Waals surface area contributed by atoms with Crippen molar-refractivity contribution in [2.24, 2.45) is 10.2 Å². The minimum Gasteiger partial charge on any atom is -0.497 e. The second-order valence-corrected chi connectivity index (χ2v) is 4.11. The molecule has 4 nitrogen and oxygen atoms in total. The van der Waals surface area contributed by atoms with E-state index in [0.717, 1.165) is 11.3 Å². The first kappa shape index (κ1) is 14.4. The maximum atomic E-state index is 13.4. The highest BCUT2D eigenvalue weighted by atomic mass is 19.1. The minimum absolute atomic E-state index is 0.00823. The van der Waals surface area contributed by atoms with E-state index in [-0.39, 0.29) is 5.56 Å². The number of rotatable bonds is 4. The molecule has 0 aliphatic carbocycles. The van der Waals surface area contributed by atoms with E-state index in [4.69, 9.17) is 10.00 Å². The van der Waals surface area contributed by atoms with Gasteiger partial charge in [-0.25, -0.2) is 4.39 Å². The topological polar surface area (TPSA) is 57.7 Å². The average molecular weight is 281 g/mol. The molecule has 0 N–H and O–H groups in total. The lowest BCUT2D eigenvalue weighted by molar-refractivity contribution is 0.415. The van der Waals surface area contributed by atoms with Crippen molar-refractivity contribution in [3.05, 3.63) is 65.0 Å². The second kappa shape index (κ2) is 6.96. The summed E-state index contributed by atoms with van der Waals surface area (Å²) in [6.07, 6.45) is 3.00. The first-order valence-electron chi connectivity index (χ1n) is 6.13. The quantitative estimate of drug-likeness (QED) is 0.638. The molecule has 0 saturated carbocycles. The Morgan fingerprint density at radius 1 is 1.05 bits per heavy atom. The van der Waals surface area contributed by atoms with Gasteiger partial charge in [0.05, 0.1) is 25.1 Å². The van der Waals surface area contributed by atoms with Gasteiger partial charge in [0.15, 0.2) is 0 Å². The number of methoxy groups -OCH3 is 1. The SMILES string of the molecule is COc1ccc(C=NN=Cc2ccc(C#N)c(F)c2)cc1. The van der Waals surface area contributed by atoms with Crippen molar-refractivity contribution in [2.45, 2.75) is 0 Å². The molecule has 0 saturated heterocycles. The van der Waals surface area contributed by atoms with Crippen molar-refractivity contribution < 1.29 is 9.13 Å². The van der Waals surface area contributed by atoms with Crippen LogP contribution in [0.4, 0.5) is 4.39 Å². The van der Waals surface area contributed by atoms with Crippen molar-refractivity contribution in [3.63, 3.8) is 0 Å². The fraction of sp³-hybridized carbons (Fsp3) is 0.0625. The fourth-order valence-electron chi connectivity index (χ4n) is 1.59. The van der Waals surface area contributed by atoms with Crippen LogP contribution >= 0.6 is 0 Å². The summed E-state index contributed by atoms with van der Waals surface area (Å²) < 4.78 is 18.4. The van der Waals surface area contributed by atoms with Crippen molar-refractivity contribution in [1.29, 1.82) is 5.26 Å². The number of hydrogen-bond donors (Lipinski definition) is 0. The Bertz CT molecular complexity index is 715. The van der Waals surface area contributed by atoms with Crippen LogP contribution in [0.2, 0.25) is 0 Å². The summed E-state index contributed by atoms with van der Waals surface area (Å²) in [7, 11) is 1.60. The van der Waals surface area contributed by atoms with Gasteiger partial charge in [-0.15, -0.1) is 0 Å². The van der Waals surface area contributed by atoms with Crippen LogP contribution < -0.4 is 4.74 Å². The Labute approximate surface area is 121 Å². The molecular weight excluding hydrogens is 269 g/mol. The molecule has 21 heavy (non-hydrogen) atoms. The van der Waals surface area contributed by atoms with E-state index in [2.05, 4.69) is 10.2 Å². The van der Waals surface area contributed by atoms with Gasteiger partial charge in [-0.3, -0.25) is 0 Å². The number of halogens is 1. The smallest absolute Gasteiger partial charge is 0.141 e. The van der Waals surface area contributed by atoms with E-state index < -0.39 is 5.82 Å². The zero-order valence-electron chi connectivity index (χ0n) is 11.3. The lowest BCUT2D eigenvalue weighted by Gasteiger charge is -1.97. The lowest BCUT2D eigenvalue weighted by Crippen LogP contribution is -1.87. The molecular formula is C16H12FN3O. The van der Waals surface area contributed by atoms with E-state index >= 15 is 0 Å². The van der Waals surface area contributed by atoms with Gasteiger partial charge in [-0.1, -0.05) is 6.07 Å². The van der Waals surface area contributed by atoms with Crippen LogP contribution in [-0.2, 0) is 0 Å². The molecule has 2 aromatic rings. The number of ether oxygens (including phenoxy) is 1. The summed E-state index contributed by atoms with van der Waals surface area (Å²) in [5, 5.41) is 16.4. The van der Waals surface area contributed by atoms with Crippen LogP contribution in [0, 0.1) is 17.1 Å². The van der Waals surface area contributed by atoms with E-state index in [1.165, 1.54) is 18.3 Å². The van der Waals surface area contributed by atoms with Crippen molar-refractivity contribution >= 4 is 12.4 Å². The second-order valence-electron chi connectivity index (χ2n) is 4.11. The Morgan fingerprint density at radius 2 is 1.67 bits per heavy atom. The maximum absolute atomic E-state index is 13.4. The number of nitriles is 1. The molecule has 0 aliphatic heterocycles. The van der Waals surface area contributed by atoms with Crippen molar-refractivity contribution in [1.82, 2.24) is 0 Å². The highest BCUT2D eigenvalue weighted by molar-refractivity contribution is 5.82. The summed E-state index contributed by atoms with van der Waals surface area (Å²) in [6.45, 7) is 0. The Hall–Kier alpha value is -3.00. The van der Waals surface area contributed by atoms with Gasteiger partial charge in [0.1, 0.15) is 17.6 Å². The zero-order valence-corrected chi connectivity index (χ0v) is 11.3. The van der Waals surface area contributed by atoms with Crippen LogP contribution in [0.25, 0.3) is 0 Å². The Balaban J connectivity index is 2.02. The van der Waals surface area contributed by atoms with Crippen LogP contribution in [0.3, 0.4) is 0 Å². The molecule has 0 radical (unpaired) electrons. The molecule has 0 amide bonds. The lowest BCUT2D eigenvalue weighted by atomic mass is 10.1. The molecule has 0 bridgehead atoms. The van der Waals surface area contributed by atoms with Gasteiger partial charge in [-0.2, -0.15) is 15.5 Å². The molecule has 104 valence electrons. The molecule has 0 aliphatic rings. The Morgan fingerprint density at radius 3 is 2.24 bits per heavy atom. The first-order chi connectivity index (χ1) is 10.2. The van der Waals surface area contributed by atoms with Crippen molar-refractivity contribution in [2.75, 3.05) is 7.11 Å². The van der Waals surface area contributed by atoms with E-state index in [9.17, 15) is 4.39 Å². The third-order valence-electron chi connectivity index (χ3n) is 2.71. The van der Waals surface area contributed by atoms with Gasteiger partial charge in [-0.05, 0) is 47.5 Å². The van der Waals surface area contributed by atoms with Crippen LogP contribution in [0.5, 0.6) is 5.75 Å². The van der Waals surface area contributed by atoms with Crippen LogP contribution in [0.1, 0.15) is 16.7 Å². The average Bonchev–Trinajstić information content (AvgIpc) is 2.52. The molecule has 0 heterocycles. The van der Waals surface area contributed by atoms with E-state index in [1.807, 2.05) is 24.3 Å². The maximum Gasteiger partial charge on any atom is 0.141 e. The molecule has 0 atom stereocenters. The van der Waals surface area contributed by atoms with Gasteiger partial charge in [0.25, 0.3) is 0 Å². The predicted molar refractivity (Wildman–Crippen MR) is 79.3 cm³/mol. The van der Waals surface area contributed by atoms with E-state index in [0.29, 0.717) is 5.56 Å². The number of nitrogens with zero attached hydrogens (tertiary/aromatic N) is 3. The molecule has 5 heteroatoms. The normalized spacial score (nSPS) is 10.9. The summed E-state index contributed by atoms with van der Waals surface area (Å²) in [6, 6.07) is 13.3. The molecule has 0 spiro atoms. The summed E-state index contributed by atoms with van der Waals surface area (Å²) in [5.41, 5.74) is 1.42. The zero-order chi connectivity index (χ0) is 15.1. The molecule has 2 rings (SSSR count). The minimum atomic E-state index is -0.569. The highest BCUT2D eigenvalue weighted by Crippen LogP contribution is 2.10. The van der Waals surface area contributed by atoms with Gasteiger partial charge >= 0.3 is 0 Å².